The number of nitro benzene ring substituents is 1. The van der Waals surface area contributed by atoms with Crippen molar-refractivity contribution in [2.45, 2.75) is 24.7 Å². The van der Waals surface area contributed by atoms with Gasteiger partial charge < -0.3 is 5.32 Å². The molecule has 1 aliphatic rings. The van der Waals surface area contributed by atoms with Crippen LogP contribution in [0.1, 0.15) is 19.8 Å². The molecule has 1 heterocycles. The molecule has 2 rings (SSSR count). The maximum atomic E-state index is 12.7. The molecule has 126 valence electrons. The van der Waals surface area contributed by atoms with Crippen LogP contribution in [0, 0.1) is 16.0 Å². The van der Waals surface area contributed by atoms with E-state index in [9.17, 15) is 18.5 Å². The Kier molecular flexibility index (Phi) is 5.38. The van der Waals surface area contributed by atoms with Gasteiger partial charge in [0.25, 0.3) is 5.69 Å². The Hall–Kier alpha value is -1.93. The molecule has 0 aromatic heterocycles. The van der Waals surface area contributed by atoms with Crippen LogP contribution < -0.4 is 5.32 Å². The fourth-order valence-electron chi connectivity index (χ4n) is 2.67. The van der Waals surface area contributed by atoms with Crippen LogP contribution in [0.4, 0.5) is 11.4 Å². The van der Waals surface area contributed by atoms with Gasteiger partial charge in [-0.15, -0.1) is 6.58 Å². The monoisotopic (exact) mass is 339 g/mol. The minimum absolute atomic E-state index is 0.0394. The molecular formula is C15H21N3O4S. The van der Waals surface area contributed by atoms with E-state index < -0.39 is 14.9 Å². The molecule has 1 fully saturated rings. The van der Waals surface area contributed by atoms with Gasteiger partial charge in [-0.05, 0) is 30.9 Å². The molecule has 0 spiro atoms. The quantitative estimate of drug-likeness (QED) is 0.488. The average Bonchev–Trinajstić information content (AvgIpc) is 2.52. The van der Waals surface area contributed by atoms with Gasteiger partial charge in [-0.3, -0.25) is 10.1 Å². The third kappa shape index (κ3) is 3.89. The molecule has 1 N–H and O–H groups in total. The maximum Gasteiger partial charge on any atom is 0.293 e. The van der Waals surface area contributed by atoms with Gasteiger partial charge in [0.15, 0.2) is 0 Å². The summed E-state index contributed by atoms with van der Waals surface area (Å²) < 4.78 is 26.8. The van der Waals surface area contributed by atoms with E-state index in [2.05, 4.69) is 11.9 Å². The van der Waals surface area contributed by atoms with Gasteiger partial charge in [-0.1, -0.05) is 13.0 Å². The van der Waals surface area contributed by atoms with Crippen molar-refractivity contribution in [3.63, 3.8) is 0 Å². The summed E-state index contributed by atoms with van der Waals surface area (Å²) in [5, 5.41) is 14.1. The summed E-state index contributed by atoms with van der Waals surface area (Å²) in [6.45, 7) is 6.81. The molecule has 23 heavy (non-hydrogen) atoms. The van der Waals surface area contributed by atoms with Crippen molar-refractivity contribution in [1.29, 1.82) is 0 Å². The summed E-state index contributed by atoms with van der Waals surface area (Å²) in [4.78, 5) is 10.6. The predicted molar refractivity (Wildman–Crippen MR) is 88.9 cm³/mol. The van der Waals surface area contributed by atoms with E-state index in [1.54, 1.807) is 6.08 Å². The van der Waals surface area contributed by atoms with Crippen LogP contribution in [-0.2, 0) is 10.0 Å². The van der Waals surface area contributed by atoms with E-state index in [4.69, 9.17) is 0 Å². The highest BCUT2D eigenvalue weighted by Crippen LogP contribution is 2.30. The zero-order chi connectivity index (χ0) is 17.0. The van der Waals surface area contributed by atoms with Crippen molar-refractivity contribution in [2.75, 3.05) is 25.0 Å². The molecule has 1 aromatic carbocycles. The first kappa shape index (κ1) is 17.4. The number of nitro groups is 1. The van der Waals surface area contributed by atoms with E-state index in [0.29, 0.717) is 25.6 Å². The van der Waals surface area contributed by atoms with Crippen molar-refractivity contribution < 1.29 is 13.3 Å². The Balaban J connectivity index is 2.36. The van der Waals surface area contributed by atoms with Gasteiger partial charge in [0.1, 0.15) is 5.69 Å². The summed E-state index contributed by atoms with van der Waals surface area (Å²) in [7, 11) is -3.71. The predicted octanol–water partition coefficient (Wildman–Crippen LogP) is 2.61. The minimum atomic E-state index is -3.71. The third-order valence-corrected chi connectivity index (χ3v) is 5.72. The molecule has 0 bridgehead atoms. The second-order valence-corrected chi connectivity index (χ2v) is 7.65. The second-order valence-electron chi connectivity index (χ2n) is 5.72. The van der Waals surface area contributed by atoms with E-state index in [1.165, 1.54) is 16.4 Å². The molecule has 0 amide bonds. The molecule has 0 saturated carbocycles. The van der Waals surface area contributed by atoms with Crippen LogP contribution in [0.15, 0.2) is 35.7 Å². The Morgan fingerprint density at radius 1 is 1.52 bits per heavy atom. The van der Waals surface area contributed by atoms with Crippen LogP contribution >= 0.6 is 0 Å². The maximum absolute atomic E-state index is 12.7. The molecule has 1 atom stereocenters. The van der Waals surface area contributed by atoms with Crippen LogP contribution in [0.3, 0.4) is 0 Å². The molecule has 7 nitrogen and oxygen atoms in total. The van der Waals surface area contributed by atoms with Crippen molar-refractivity contribution >= 4 is 21.4 Å². The molecule has 0 unspecified atom stereocenters. The Bertz CT molecular complexity index is 703. The lowest BCUT2D eigenvalue weighted by molar-refractivity contribution is -0.384. The number of anilines is 1. The zero-order valence-corrected chi connectivity index (χ0v) is 13.9. The van der Waals surface area contributed by atoms with Gasteiger partial charge in [-0.2, -0.15) is 4.31 Å². The first-order valence-electron chi connectivity index (χ1n) is 7.49. The number of hydrogen-bond acceptors (Lipinski definition) is 5. The second kappa shape index (κ2) is 7.10. The summed E-state index contributed by atoms with van der Waals surface area (Å²) >= 11 is 0. The topological polar surface area (TPSA) is 92.6 Å². The largest absolute Gasteiger partial charge is 0.376 e. The number of benzene rings is 1. The highest BCUT2D eigenvalue weighted by Gasteiger charge is 2.30. The van der Waals surface area contributed by atoms with Crippen molar-refractivity contribution in [1.82, 2.24) is 4.31 Å². The normalized spacial score (nSPS) is 19.3. The Morgan fingerprint density at radius 3 is 2.87 bits per heavy atom. The first-order chi connectivity index (χ1) is 10.9. The number of nitrogens with zero attached hydrogens (tertiary/aromatic N) is 2. The summed E-state index contributed by atoms with van der Waals surface area (Å²) in [6.07, 6.45) is 3.38. The molecule has 0 aliphatic carbocycles. The van der Waals surface area contributed by atoms with Crippen LogP contribution in [0.5, 0.6) is 0 Å². The lowest BCUT2D eigenvalue weighted by Crippen LogP contribution is -2.39. The summed E-state index contributed by atoms with van der Waals surface area (Å²) in [6, 6.07) is 3.97. The fourth-order valence-corrected chi connectivity index (χ4v) is 4.29. The highest BCUT2D eigenvalue weighted by atomic mass is 32.2. The fraction of sp³-hybridized carbons (Fsp3) is 0.467. The summed E-state index contributed by atoms with van der Waals surface area (Å²) in [5.74, 6) is 0.294. The third-order valence-electron chi connectivity index (χ3n) is 3.86. The lowest BCUT2D eigenvalue weighted by atomic mass is 10.0. The van der Waals surface area contributed by atoms with Crippen molar-refractivity contribution in [2.24, 2.45) is 5.92 Å². The summed E-state index contributed by atoms with van der Waals surface area (Å²) in [5.41, 5.74) is 0.0267. The first-order valence-corrected chi connectivity index (χ1v) is 8.93. The van der Waals surface area contributed by atoms with Crippen LogP contribution in [-0.4, -0.2) is 37.3 Å². The number of piperidine rings is 1. The molecule has 0 radical (unpaired) electrons. The number of hydrogen-bond donors (Lipinski definition) is 1. The van der Waals surface area contributed by atoms with Crippen molar-refractivity contribution in [3.05, 3.63) is 41.0 Å². The standard InChI is InChI=1S/C15H21N3O4S/c1-3-8-16-14-7-6-13(10-15(14)18(19)20)23(21,22)17-9-4-5-12(2)11-17/h3,6-7,10,12,16H,1,4-5,8-9,11H2,2H3/t12-/m0/s1. The van der Waals surface area contributed by atoms with Crippen molar-refractivity contribution in [3.8, 4) is 0 Å². The van der Waals surface area contributed by atoms with E-state index in [1.807, 2.05) is 6.92 Å². The Labute approximate surface area is 136 Å². The zero-order valence-electron chi connectivity index (χ0n) is 13.1. The Morgan fingerprint density at radius 2 is 2.26 bits per heavy atom. The SMILES string of the molecule is C=CCNc1ccc(S(=O)(=O)N2CCC[C@H](C)C2)cc1[N+](=O)[O-]. The van der Waals surface area contributed by atoms with Gasteiger partial charge in [0, 0.05) is 25.7 Å². The molecule has 8 heteroatoms. The van der Waals surface area contributed by atoms with Crippen LogP contribution in [0.25, 0.3) is 0 Å². The molecule has 1 aromatic rings. The van der Waals surface area contributed by atoms with Gasteiger partial charge >= 0.3 is 0 Å². The van der Waals surface area contributed by atoms with Crippen LogP contribution in [0.2, 0.25) is 0 Å². The molecular weight excluding hydrogens is 318 g/mol. The van der Waals surface area contributed by atoms with Gasteiger partial charge in [0.05, 0.1) is 9.82 Å². The van der Waals surface area contributed by atoms with E-state index >= 15 is 0 Å². The van der Waals surface area contributed by atoms with Gasteiger partial charge in [0.2, 0.25) is 10.0 Å². The smallest absolute Gasteiger partial charge is 0.293 e. The minimum Gasteiger partial charge on any atom is -0.376 e. The highest BCUT2D eigenvalue weighted by molar-refractivity contribution is 7.89. The molecule has 1 aliphatic heterocycles. The van der Waals surface area contributed by atoms with Gasteiger partial charge in [-0.25, -0.2) is 8.42 Å². The lowest BCUT2D eigenvalue weighted by Gasteiger charge is -2.30. The number of rotatable bonds is 6. The van der Waals surface area contributed by atoms with E-state index in [0.717, 1.165) is 18.9 Å². The number of sulfonamides is 1. The molecule has 1 saturated heterocycles. The van der Waals surface area contributed by atoms with E-state index in [-0.39, 0.29) is 16.3 Å². The average molecular weight is 339 g/mol. The number of nitrogens with one attached hydrogen (secondary N) is 1.